The molecule has 12 aromatic carbocycles. The molecule has 12 rings (SSSR count). The van der Waals surface area contributed by atoms with Crippen molar-refractivity contribution in [3.05, 3.63) is 410 Å². The number of halogens is 10. The van der Waals surface area contributed by atoms with E-state index in [0.29, 0.717) is 5.02 Å². The van der Waals surface area contributed by atoms with Crippen LogP contribution in [0.15, 0.2) is 267 Å². The SMILES string of the molecule is COc1cccc(C)c1.Cc1ccc(C)c(C#N)c1.Cc1ccc(Cl)c(F)c1.Cc1ccc(Cl)cc1.Cc1ccc(F)c(Cl)c1.Cc1ccc(F)c(F)c1.Cc1ccc(F)cc1.Cc1ccc(O)c(Cl)c1.Cc1cccc(C#N)c1.Cc1cccc(C)c1.Cc1cccc(Cl)c1.Cc1ccccc1. The molecule has 1 N–H and O–H groups in total. The summed E-state index contributed by atoms with van der Waals surface area (Å²) < 4.78 is 66.2. The summed E-state index contributed by atoms with van der Waals surface area (Å²) in [5, 5.41) is 28.3. The number of nitrogens with zero attached hydrogens (tertiary/aromatic N) is 2. The number of ether oxygens (including phenoxy) is 1. The molecule has 0 saturated carbocycles. The third-order valence-corrected chi connectivity index (χ3v) is 14.7. The average Bonchev–Trinajstić information content (AvgIpc) is 0.920. The first-order valence-electron chi connectivity index (χ1n) is 32.2. The number of methoxy groups -OCH3 is 1. The van der Waals surface area contributed by atoms with Gasteiger partial charge in [0.2, 0.25) is 0 Å². The summed E-state index contributed by atoms with van der Waals surface area (Å²) in [6.07, 6.45) is 0. The summed E-state index contributed by atoms with van der Waals surface area (Å²) in [4.78, 5) is 0. The number of nitriles is 2. The van der Waals surface area contributed by atoms with Gasteiger partial charge in [0.15, 0.2) is 11.6 Å². The molecule has 0 bridgehead atoms. The fourth-order valence-corrected chi connectivity index (χ4v) is 8.70. The third kappa shape index (κ3) is 45.0. The van der Waals surface area contributed by atoms with Crippen molar-refractivity contribution in [2.24, 2.45) is 0 Å². The van der Waals surface area contributed by atoms with E-state index in [2.05, 4.69) is 69.3 Å². The van der Waals surface area contributed by atoms with Crippen LogP contribution in [0.5, 0.6) is 11.5 Å². The topological polar surface area (TPSA) is 77.0 Å². The van der Waals surface area contributed by atoms with E-state index in [0.717, 1.165) is 83.6 Å². The molecule has 0 saturated heterocycles. The second-order valence-electron chi connectivity index (χ2n) is 23.3. The summed E-state index contributed by atoms with van der Waals surface area (Å²) in [5.41, 5.74) is 17.2. The second-order valence-corrected chi connectivity index (χ2v) is 25.4. The molecule has 0 heterocycles. The largest absolute Gasteiger partial charge is 0.506 e. The lowest BCUT2D eigenvalue weighted by molar-refractivity contribution is 0.414. The number of benzene rings is 12. The number of phenolic OH excluding ortho intramolecular Hbond substituents is 1. The van der Waals surface area contributed by atoms with E-state index in [1.165, 1.54) is 63.7 Å². The Morgan fingerprint density at radius 2 is 0.689 bits per heavy atom. The van der Waals surface area contributed by atoms with E-state index in [-0.39, 0.29) is 33.2 Å². The minimum absolute atomic E-state index is 0.141. The minimum Gasteiger partial charge on any atom is -0.506 e. The van der Waals surface area contributed by atoms with Crippen LogP contribution >= 0.6 is 58.0 Å². The molecule has 12 aromatic rings. The van der Waals surface area contributed by atoms with Crippen LogP contribution in [0.3, 0.4) is 0 Å². The highest BCUT2D eigenvalue weighted by Gasteiger charge is 2.00. The zero-order valence-electron chi connectivity index (χ0n) is 60.9. The fourth-order valence-electron chi connectivity index (χ4n) is 7.74. The number of aromatic hydroxyl groups is 1. The molecule has 103 heavy (non-hydrogen) atoms. The van der Waals surface area contributed by atoms with Gasteiger partial charge in [0.1, 0.15) is 29.0 Å². The van der Waals surface area contributed by atoms with Gasteiger partial charge in [-0.15, -0.1) is 0 Å². The Morgan fingerprint density at radius 1 is 0.291 bits per heavy atom. The van der Waals surface area contributed by atoms with Gasteiger partial charge >= 0.3 is 0 Å². The summed E-state index contributed by atoms with van der Waals surface area (Å²) in [6.45, 7) is 27.5. The van der Waals surface area contributed by atoms with Gasteiger partial charge in [0.05, 0.1) is 45.4 Å². The number of hydrogen-bond donors (Lipinski definition) is 1. The molecule has 0 amide bonds. The van der Waals surface area contributed by atoms with Gasteiger partial charge in [-0.3, -0.25) is 0 Å². The highest BCUT2D eigenvalue weighted by Crippen LogP contribution is 2.23. The van der Waals surface area contributed by atoms with Crippen molar-refractivity contribution < 1.29 is 31.8 Å². The Bertz CT molecular complexity index is 4120. The first kappa shape index (κ1) is 91.3. The number of aryl methyl sites for hydroxylation is 14. The summed E-state index contributed by atoms with van der Waals surface area (Å²) in [6, 6.07) is 84.4. The van der Waals surface area contributed by atoms with Crippen molar-refractivity contribution in [1.29, 1.82) is 10.5 Å². The lowest BCUT2D eigenvalue weighted by atomic mass is 10.1. The van der Waals surface area contributed by atoms with E-state index >= 15 is 0 Å². The minimum atomic E-state index is -0.791. The predicted octanol–water partition coefficient (Wildman–Crippen LogP) is 28.0. The van der Waals surface area contributed by atoms with E-state index in [4.69, 9.17) is 78.4 Å². The maximum Gasteiger partial charge on any atom is 0.159 e. The Balaban J connectivity index is 0.000000562. The molecular weight excluding hydrogens is 1400 g/mol. The van der Waals surface area contributed by atoms with Crippen LogP contribution < -0.4 is 4.74 Å². The Labute approximate surface area is 633 Å². The smallest absolute Gasteiger partial charge is 0.159 e. The van der Waals surface area contributed by atoms with Crippen LogP contribution in [-0.4, -0.2) is 12.2 Å². The molecule has 14 heteroatoms. The van der Waals surface area contributed by atoms with Crippen molar-refractivity contribution in [2.75, 3.05) is 7.11 Å². The molecule has 4 nitrogen and oxygen atoms in total. The van der Waals surface area contributed by atoms with Crippen LogP contribution in [0, 0.1) is 149 Å². The fraction of sp³-hybridized carbons (Fsp3) is 0.169. The van der Waals surface area contributed by atoms with Crippen LogP contribution in [0.4, 0.5) is 22.0 Å². The van der Waals surface area contributed by atoms with Crippen molar-refractivity contribution >= 4 is 58.0 Å². The number of phenols is 1. The van der Waals surface area contributed by atoms with Crippen LogP contribution in [0.1, 0.15) is 89.0 Å². The van der Waals surface area contributed by atoms with Crippen LogP contribution in [-0.2, 0) is 0 Å². The maximum atomic E-state index is 12.4. The second kappa shape index (κ2) is 52.3. The molecule has 0 aliphatic heterocycles. The van der Waals surface area contributed by atoms with E-state index in [1.807, 2.05) is 197 Å². The van der Waals surface area contributed by atoms with Crippen molar-refractivity contribution in [1.82, 2.24) is 0 Å². The Hall–Kier alpha value is -9.68. The maximum absolute atomic E-state index is 12.4. The lowest BCUT2D eigenvalue weighted by Gasteiger charge is -1.97. The van der Waals surface area contributed by atoms with Crippen LogP contribution in [0.25, 0.3) is 0 Å². The van der Waals surface area contributed by atoms with Crippen LogP contribution in [0.2, 0.25) is 25.1 Å². The molecular formula is C89H90Cl5F5N2O2. The van der Waals surface area contributed by atoms with Gasteiger partial charge < -0.3 is 9.84 Å². The molecule has 0 aliphatic carbocycles. The van der Waals surface area contributed by atoms with E-state index < -0.39 is 11.6 Å². The zero-order chi connectivity index (χ0) is 77.4. The molecule has 0 aromatic heterocycles. The predicted molar refractivity (Wildman–Crippen MR) is 426 cm³/mol. The van der Waals surface area contributed by atoms with E-state index in [9.17, 15) is 22.0 Å². The summed E-state index contributed by atoms with van der Waals surface area (Å²) >= 11 is 27.7. The van der Waals surface area contributed by atoms with Crippen molar-refractivity contribution in [2.45, 2.75) is 96.9 Å². The van der Waals surface area contributed by atoms with Gasteiger partial charge in [0.25, 0.3) is 0 Å². The molecule has 0 unspecified atom stereocenters. The highest BCUT2D eigenvalue weighted by atomic mass is 35.5. The molecule has 0 radical (unpaired) electrons. The monoisotopic (exact) mass is 1490 g/mol. The number of rotatable bonds is 1. The first-order valence-corrected chi connectivity index (χ1v) is 34.1. The van der Waals surface area contributed by atoms with Gasteiger partial charge in [-0.25, -0.2) is 22.0 Å². The molecule has 538 valence electrons. The average molecular weight is 1490 g/mol. The first-order chi connectivity index (χ1) is 48.7. The Kier molecular flexibility index (Phi) is 46.4. The van der Waals surface area contributed by atoms with Crippen molar-refractivity contribution in [3.63, 3.8) is 0 Å². The van der Waals surface area contributed by atoms with Gasteiger partial charge in [0, 0.05) is 10.0 Å². The molecule has 0 aliphatic rings. The van der Waals surface area contributed by atoms with E-state index in [1.54, 1.807) is 74.7 Å². The molecule has 0 atom stereocenters. The van der Waals surface area contributed by atoms with Gasteiger partial charge in [-0.2, -0.15) is 10.5 Å². The normalized spacial score (nSPS) is 9.23. The zero-order valence-corrected chi connectivity index (χ0v) is 64.7. The Morgan fingerprint density at radius 3 is 1.03 bits per heavy atom. The number of hydrogen-bond acceptors (Lipinski definition) is 4. The van der Waals surface area contributed by atoms with Gasteiger partial charge in [-0.1, -0.05) is 237 Å². The quantitative estimate of drug-likeness (QED) is 0.166. The van der Waals surface area contributed by atoms with Gasteiger partial charge in [-0.05, 0) is 262 Å². The summed E-state index contributed by atoms with van der Waals surface area (Å²) in [5.74, 6) is -1.39. The third-order valence-electron chi connectivity index (χ3n) is 13.3. The standard InChI is InChI=1S/C9H9N.C8H7N.C8H10O.C8H10.2C7H6ClF.C7H7ClO.2C7H7Cl.C7H6F2.C7H7F.C7H8/c1-7-3-4-8(2)9(5-7)6-10;1-7-3-2-4-8(5-7)6-9;1-7-4-3-5-8(6-7)9-2;1-7-4-3-5-8(2)6-7;1-5-2-3-7(9)6(8)4-5;1-5-2-3-6(8)7(9)4-5;1-5-2-3-7(9)6(8)4-5;1-6-2-4-7(8)5-3-6;1-6-3-2-4-7(8)5-6;1-5-2-3-6(8)7(9)4-5;1-6-2-4-7(8)5-3-6;1-7-5-3-2-4-6-7/h3-5H,1-2H3;2-5H,1H3;3-6H,1-2H3;3-6H,1-2H3;2*2-4H,1H3;2-4,9H,1H3;2*2-5H,1H3;2-4H,1H3;2-5H,1H3;2-6H,1H3. The highest BCUT2D eigenvalue weighted by molar-refractivity contribution is 6.32. The summed E-state index contributed by atoms with van der Waals surface area (Å²) in [7, 11) is 1.68. The molecule has 0 fully saturated rings. The van der Waals surface area contributed by atoms with Crippen molar-refractivity contribution in [3.8, 4) is 23.6 Å². The molecule has 0 spiro atoms. The lowest BCUT2D eigenvalue weighted by Crippen LogP contribution is -1.82.